The molecule has 0 spiro atoms. The quantitative estimate of drug-likeness (QED) is 0.582. The molecule has 3 aromatic heterocycles. The van der Waals surface area contributed by atoms with Gasteiger partial charge in [0.2, 0.25) is 0 Å². The van der Waals surface area contributed by atoms with E-state index in [1.54, 1.807) is 17.5 Å². The van der Waals surface area contributed by atoms with Crippen molar-refractivity contribution in [3.05, 3.63) is 75.4 Å². The molecule has 0 radical (unpaired) electrons. The smallest absolute Gasteiger partial charge is 0.281 e. The number of furan rings is 1. The van der Waals surface area contributed by atoms with Crippen LogP contribution in [0.3, 0.4) is 0 Å². The summed E-state index contributed by atoms with van der Waals surface area (Å²) in [5.74, 6) is -2.02. The average Bonchev–Trinajstić information content (AvgIpc) is 3.27. The number of benzene rings is 1. The fourth-order valence-electron chi connectivity index (χ4n) is 2.67. The molecule has 0 fully saturated rings. The van der Waals surface area contributed by atoms with Gasteiger partial charge in [-0.3, -0.25) is 15.0 Å². The number of aromatic nitrogens is 2. The van der Waals surface area contributed by atoms with Gasteiger partial charge in [-0.1, -0.05) is 0 Å². The molecule has 0 saturated carbocycles. The van der Waals surface area contributed by atoms with Gasteiger partial charge in [0.1, 0.15) is 28.0 Å². The van der Waals surface area contributed by atoms with Gasteiger partial charge < -0.3 is 4.42 Å². The molecular weight excluding hydrogens is 376 g/mol. The predicted octanol–water partition coefficient (Wildman–Crippen LogP) is 3.69. The standard InChI is InChI=1S/C18H11F2N3O3S/c1-9-21-17-15(12(8-27-17)14-3-2-6-26-14)18(25)23(9)22-16(24)11-5-4-10(19)7-13(11)20/h2-8H,1H3,(H,22,24). The van der Waals surface area contributed by atoms with Gasteiger partial charge in [0, 0.05) is 17.0 Å². The van der Waals surface area contributed by atoms with Crippen LogP contribution < -0.4 is 11.0 Å². The summed E-state index contributed by atoms with van der Waals surface area (Å²) in [5.41, 5.74) is 1.96. The number of halogens is 2. The number of fused-ring (bicyclic) bond motifs is 1. The second-order valence-corrected chi connectivity index (χ2v) is 6.53. The molecule has 0 atom stereocenters. The minimum absolute atomic E-state index is 0.219. The number of rotatable bonds is 3. The number of hydrogen-bond donors (Lipinski definition) is 1. The Morgan fingerprint density at radius 3 is 2.81 bits per heavy atom. The molecule has 0 saturated heterocycles. The Kier molecular flexibility index (Phi) is 4.08. The van der Waals surface area contributed by atoms with Crippen LogP contribution in [0.2, 0.25) is 0 Å². The van der Waals surface area contributed by atoms with E-state index < -0.39 is 23.1 Å². The van der Waals surface area contributed by atoms with Crippen molar-refractivity contribution < 1.29 is 18.0 Å². The Bertz CT molecular complexity index is 1230. The van der Waals surface area contributed by atoms with Crippen LogP contribution in [0.15, 0.2) is 51.2 Å². The van der Waals surface area contributed by atoms with E-state index >= 15 is 0 Å². The largest absolute Gasteiger partial charge is 0.464 e. The first-order valence-electron chi connectivity index (χ1n) is 7.77. The van der Waals surface area contributed by atoms with Gasteiger partial charge in [0.05, 0.1) is 17.2 Å². The number of hydrogen-bond acceptors (Lipinski definition) is 5. The summed E-state index contributed by atoms with van der Waals surface area (Å²) in [4.78, 5) is 30.1. The third-order valence-electron chi connectivity index (χ3n) is 3.95. The van der Waals surface area contributed by atoms with Crippen molar-refractivity contribution >= 4 is 27.5 Å². The first-order chi connectivity index (χ1) is 13.0. The molecule has 1 amide bonds. The highest BCUT2D eigenvalue weighted by Crippen LogP contribution is 2.31. The Morgan fingerprint density at radius 2 is 2.11 bits per heavy atom. The molecule has 3 heterocycles. The average molecular weight is 387 g/mol. The van der Waals surface area contributed by atoms with Crippen molar-refractivity contribution in [1.82, 2.24) is 9.66 Å². The molecular formula is C18H11F2N3O3S. The highest BCUT2D eigenvalue weighted by molar-refractivity contribution is 7.17. The number of carbonyl (C=O) groups is 1. The zero-order valence-electron chi connectivity index (χ0n) is 13.8. The van der Waals surface area contributed by atoms with Crippen molar-refractivity contribution in [3.63, 3.8) is 0 Å². The van der Waals surface area contributed by atoms with Crippen LogP contribution >= 0.6 is 11.3 Å². The summed E-state index contributed by atoms with van der Waals surface area (Å²) in [6, 6.07) is 5.96. The van der Waals surface area contributed by atoms with E-state index in [1.165, 1.54) is 24.5 Å². The lowest BCUT2D eigenvalue weighted by Gasteiger charge is -2.11. The van der Waals surface area contributed by atoms with Crippen molar-refractivity contribution in [3.8, 4) is 11.3 Å². The molecule has 0 aliphatic heterocycles. The molecule has 0 unspecified atom stereocenters. The Labute approximate surface area is 154 Å². The third-order valence-corrected chi connectivity index (χ3v) is 4.82. The van der Waals surface area contributed by atoms with Crippen molar-refractivity contribution in [1.29, 1.82) is 0 Å². The van der Waals surface area contributed by atoms with Crippen LogP contribution in [-0.4, -0.2) is 15.6 Å². The third kappa shape index (κ3) is 2.91. The summed E-state index contributed by atoms with van der Waals surface area (Å²) in [7, 11) is 0. The van der Waals surface area contributed by atoms with Crippen LogP contribution in [0.25, 0.3) is 21.5 Å². The number of nitrogens with one attached hydrogen (secondary N) is 1. The Morgan fingerprint density at radius 1 is 1.30 bits per heavy atom. The minimum Gasteiger partial charge on any atom is -0.464 e. The summed E-state index contributed by atoms with van der Waals surface area (Å²) in [5, 5.41) is 2.02. The maximum absolute atomic E-state index is 13.8. The monoisotopic (exact) mass is 387 g/mol. The van der Waals surface area contributed by atoms with E-state index in [2.05, 4.69) is 10.4 Å². The second-order valence-electron chi connectivity index (χ2n) is 5.67. The number of carbonyl (C=O) groups excluding carboxylic acids is 1. The predicted molar refractivity (Wildman–Crippen MR) is 96.4 cm³/mol. The van der Waals surface area contributed by atoms with E-state index in [1.807, 2.05) is 0 Å². The van der Waals surface area contributed by atoms with Crippen molar-refractivity contribution in [2.75, 3.05) is 5.43 Å². The molecule has 4 aromatic rings. The Balaban J connectivity index is 1.81. The number of amides is 1. The minimum atomic E-state index is -1.03. The normalized spacial score (nSPS) is 11.1. The van der Waals surface area contributed by atoms with Gasteiger partial charge in [-0.15, -0.1) is 11.3 Å². The summed E-state index contributed by atoms with van der Waals surface area (Å²) in [6.07, 6.45) is 1.48. The zero-order valence-corrected chi connectivity index (χ0v) is 14.6. The number of nitrogens with zero attached hydrogens (tertiary/aromatic N) is 2. The maximum atomic E-state index is 13.8. The molecule has 0 aliphatic carbocycles. The SMILES string of the molecule is Cc1nc2scc(-c3ccco3)c2c(=O)n1NC(=O)c1ccc(F)cc1F. The van der Waals surface area contributed by atoms with E-state index in [4.69, 9.17) is 4.42 Å². The lowest BCUT2D eigenvalue weighted by molar-refractivity contribution is 0.100. The highest BCUT2D eigenvalue weighted by Gasteiger charge is 2.19. The molecule has 0 aliphatic rings. The maximum Gasteiger partial charge on any atom is 0.281 e. The molecule has 136 valence electrons. The van der Waals surface area contributed by atoms with E-state index in [-0.39, 0.29) is 16.8 Å². The molecule has 6 nitrogen and oxygen atoms in total. The van der Waals surface area contributed by atoms with Crippen LogP contribution in [0.1, 0.15) is 16.2 Å². The number of thiophene rings is 1. The highest BCUT2D eigenvalue weighted by atomic mass is 32.1. The van der Waals surface area contributed by atoms with Gasteiger partial charge >= 0.3 is 0 Å². The van der Waals surface area contributed by atoms with Gasteiger partial charge in [0.15, 0.2) is 0 Å². The summed E-state index contributed by atoms with van der Waals surface area (Å²) < 4.78 is 33.2. The topological polar surface area (TPSA) is 77.1 Å². The molecule has 9 heteroatoms. The van der Waals surface area contributed by atoms with Gasteiger partial charge in [0.25, 0.3) is 11.5 Å². The number of aryl methyl sites for hydroxylation is 1. The van der Waals surface area contributed by atoms with Crippen LogP contribution in [0, 0.1) is 18.6 Å². The fourth-order valence-corrected chi connectivity index (χ4v) is 3.64. The molecule has 4 rings (SSSR count). The van der Waals surface area contributed by atoms with Gasteiger partial charge in [-0.2, -0.15) is 0 Å². The molecule has 0 bridgehead atoms. The zero-order chi connectivity index (χ0) is 19.1. The summed E-state index contributed by atoms with van der Waals surface area (Å²) >= 11 is 1.27. The lowest BCUT2D eigenvalue weighted by atomic mass is 10.2. The molecule has 27 heavy (non-hydrogen) atoms. The fraction of sp³-hybridized carbons (Fsp3) is 0.0556. The van der Waals surface area contributed by atoms with Crippen molar-refractivity contribution in [2.45, 2.75) is 6.92 Å². The van der Waals surface area contributed by atoms with Crippen LogP contribution in [-0.2, 0) is 0 Å². The molecule has 1 N–H and O–H groups in total. The van der Waals surface area contributed by atoms with Crippen LogP contribution in [0.5, 0.6) is 0 Å². The first-order valence-corrected chi connectivity index (χ1v) is 8.65. The Hall–Kier alpha value is -3.33. The first kappa shape index (κ1) is 17.1. The van der Waals surface area contributed by atoms with Gasteiger partial charge in [-0.05, 0) is 31.2 Å². The van der Waals surface area contributed by atoms with Crippen molar-refractivity contribution in [2.24, 2.45) is 0 Å². The van der Waals surface area contributed by atoms with E-state index in [0.29, 0.717) is 22.2 Å². The summed E-state index contributed by atoms with van der Waals surface area (Å²) in [6.45, 7) is 1.54. The lowest BCUT2D eigenvalue weighted by Crippen LogP contribution is -2.35. The second kappa shape index (κ2) is 6.44. The van der Waals surface area contributed by atoms with E-state index in [9.17, 15) is 18.4 Å². The molecule has 1 aromatic carbocycles. The van der Waals surface area contributed by atoms with Gasteiger partial charge in [-0.25, -0.2) is 18.4 Å². The van der Waals surface area contributed by atoms with E-state index in [0.717, 1.165) is 16.8 Å². The van der Waals surface area contributed by atoms with Crippen LogP contribution in [0.4, 0.5) is 8.78 Å².